The summed E-state index contributed by atoms with van der Waals surface area (Å²) in [5, 5.41) is 10.1. The lowest BCUT2D eigenvalue weighted by Crippen LogP contribution is -2.31. The zero-order chi connectivity index (χ0) is 24.6. The molecule has 5 rings (SSSR count). The second-order valence-electron chi connectivity index (χ2n) is 8.29. The number of nitrogen functional groups attached to an aromatic ring is 1. The molecule has 4 N–H and O–H groups in total. The number of hydrogen-bond acceptors (Lipinski definition) is 8. The predicted octanol–water partition coefficient (Wildman–Crippen LogP) is 3.80. The molecule has 35 heavy (non-hydrogen) atoms. The number of fused-ring (bicyclic) bond motifs is 1. The number of nitrogens with two attached hydrogens (primary N) is 1. The number of sulfonamides is 1. The fourth-order valence-electron chi connectivity index (χ4n) is 4.40. The number of aliphatic hydroxyl groups excluding tert-OH is 1. The largest absolute Gasteiger partial charge is 0.394 e. The van der Waals surface area contributed by atoms with E-state index in [1.807, 2.05) is 24.3 Å². The summed E-state index contributed by atoms with van der Waals surface area (Å²) in [6.45, 7) is 0.906. The van der Waals surface area contributed by atoms with Crippen molar-refractivity contribution in [3.63, 3.8) is 0 Å². The average Bonchev–Trinajstić information content (AvgIpc) is 3.32. The Morgan fingerprint density at radius 1 is 1.14 bits per heavy atom. The molecule has 0 amide bonds. The van der Waals surface area contributed by atoms with Gasteiger partial charge in [0.05, 0.1) is 22.9 Å². The summed E-state index contributed by atoms with van der Waals surface area (Å²) in [7, 11) is -3.92. The second-order valence-corrected chi connectivity index (χ2v) is 10.9. The van der Waals surface area contributed by atoms with E-state index in [1.54, 1.807) is 30.3 Å². The van der Waals surface area contributed by atoms with Crippen LogP contribution in [0.15, 0.2) is 70.3 Å². The molecule has 1 fully saturated rings. The number of benzene rings is 2. The van der Waals surface area contributed by atoms with Crippen LogP contribution in [0.5, 0.6) is 0 Å². The fourth-order valence-corrected chi connectivity index (χ4v) is 5.79. The summed E-state index contributed by atoms with van der Waals surface area (Å²) in [6, 6.07) is 15.9. The van der Waals surface area contributed by atoms with Crippen molar-refractivity contribution in [3.05, 3.63) is 65.4 Å². The van der Waals surface area contributed by atoms with Gasteiger partial charge < -0.3 is 15.7 Å². The Morgan fingerprint density at radius 2 is 1.94 bits per heavy atom. The third-order valence-electron chi connectivity index (χ3n) is 6.07. The van der Waals surface area contributed by atoms with Crippen LogP contribution in [0.2, 0.25) is 0 Å². The van der Waals surface area contributed by atoms with E-state index in [2.05, 4.69) is 40.5 Å². The number of aromatic nitrogens is 3. The van der Waals surface area contributed by atoms with Crippen molar-refractivity contribution in [1.29, 1.82) is 0 Å². The maximum absolute atomic E-state index is 13.2. The van der Waals surface area contributed by atoms with Crippen molar-refractivity contribution in [3.8, 4) is 11.1 Å². The Bertz CT molecular complexity index is 1500. The van der Waals surface area contributed by atoms with Crippen molar-refractivity contribution in [1.82, 2.24) is 15.0 Å². The average molecular weight is 555 g/mol. The van der Waals surface area contributed by atoms with Gasteiger partial charge in [-0.15, -0.1) is 0 Å². The third kappa shape index (κ3) is 4.66. The monoisotopic (exact) mass is 554 g/mol. The van der Waals surface area contributed by atoms with Crippen molar-refractivity contribution < 1.29 is 13.5 Å². The summed E-state index contributed by atoms with van der Waals surface area (Å²) >= 11 is 3.47. The number of aliphatic hydroxyl groups is 1. The molecule has 1 saturated heterocycles. The van der Waals surface area contributed by atoms with E-state index in [0.29, 0.717) is 10.9 Å². The zero-order valence-corrected chi connectivity index (χ0v) is 21.0. The summed E-state index contributed by atoms with van der Waals surface area (Å²) in [5.74, 6) is 0.375. The maximum atomic E-state index is 13.2. The molecule has 11 heteroatoms. The molecule has 2 aromatic carbocycles. The van der Waals surface area contributed by atoms with Crippen molar-refractivity contribution in [2.75, 3.05) is 28.5 Å². The highest BCUT2D eigenvalue weighted by atomic mass is 79.9. The first-order valence-electron chi connectivity index (χ1n) is 11.0. The van der Waals surface area contributed by atoms with Gasteiger partial charge in [0.1, 0.15) is 18.0 Å². The van der Waals surface area contributed by atoms with Gasteiger partial charge in [0.2, 0.25) is 0 Å². The first-order valence-corrected chi connectivity index (χ1v) is 13.3. The van der Waals surface area contributed by atoms with Crippen molar-refractivity contribution >= 4 is 54.3 Å². The van der Waals surface area contributed by atoms with Crippen LogP contribution < -0.4 is 15.4 Å². The second kappa shape index (κ2) is 9.40. The smallest absolute Gasteiger partial charge is 0.263 e. The topological polar surface area (TPSA) is 134 Å². The number of hydrogen-bond donors (Lipinski definition) is 3. The highest BCUT2D eigenvalue weighted by molar-refractivity contribution is 9.10. The number of halogens is 1. The highest BCUT2D eigenvalue weighted by Gasteiger charge is 2.25. The van der Waals surface area contributed by atoms with Gasteiger partial charge >= 0.3 is 0 Å². The van der Waals surface area contributed by atoms with Gasteiger partial charge in [0, 0.05) is 22.3 Å². The van der Waals surface area contributed by atoms with Crippen LogP contribution >= 0.6 is 15.9 Å². The number of pyridine rings is 1. The van der Waals surface area contributed by atoms with E-state index in [9.17, 15) is 13.5 Å². The van der Waals surface area contributed by atoms with E-state index in [0.717, 1.165) is 35.1 Å². The van der Waals surface area contributed by atoms with Crippen LogP contribution in [-0.4, -0.2) is 47.7 Å². The van der Waals surface area contributed by atoms with Gasteiger partial charge in [-0.2, -0.15) is 0 Å². The molecule has 1 aliphatic rings. The highest BCUT2D eigenvalue weighted by Crippen LogP contribution is 2.34. The molecule has 1 atom stereocenters. The van der Waals surface area contributed by atoms with Gasteiger partial charge in [-0.25, -0.2) is 23.4 Å². The molecule has 4 aromatic rings. The SMILES string of the molecule is Nc1ncnc2nc(NS(=O)(=O)c3ccc(N4CCCC4CO)cc3)cc(-c3cccc(Br)c3)c12. The van der Waals surface area contributed by atoms with Crippen LogP contribution in [0, 0.1) is 0 Å². The zero-order valence-electron chi connectivity index (χ0n) is 18.6. The van der Waals surface area contributed by atoms with E-state index in [-0.39, 0.29) is 34.8 Å². The van der Waals surface area contributed by atoms with Gasteiger partial charge in [-0.05, 0) is 60.9 Å². The van der Waals surface area contributed by atoms with Gasteiger partial charge in [-0.1, -0.05) is 28.1 Å². The Labute approximate surface area is 211 Å². The van der Waals surface area contributed by atoms with E-state index >= 15 is 0 Å². The number of nitrogens with zero attached hydrogens (tertiary/aromatic N) is 4. The molecule has 1 unspecified atom stereocenters. The van der Waals surface area contributed by atoms with E-state index in [1.165, 1.54) is 6.33 Å². The maximum Gasteiger partial charge on any atom is 0.263 e. The Kier molecular flexibility index (Phi) is 6.30. The van der Waals surface area contributed by atoms with E-state index in [4.69, 9.17) is 5.73 Å². The molecule has 2 aromatic heterocycles. The first-order chi connectivity index (χ1) is 16.9. The Morgan fingerprint density at radius 3 is 2.69 bits per heavy atom. The van der Waals surface area contributed by atoms with Crippen LogP contribution in [0.25, 0.3) is 22.2 Å². The fraction of sp³-hybridized carbons (Fsp3) is 0.208. The lowest BCUT2D eigenvalue weighted by atomic mass is 10.0. The molecule has 0 bridgehead atoms. The molecule has 0 spiro atoms. The molecular weight excluding hydrogens is 532 g/mol. The molecule has 180 valence electrons. The van der Waals surface area contributed by atoms with Gasteiger partial charge in [0.25, 0.3) is 10.0 Å². The van der Waals surface area contributed by atoms with Gasteiger partial charge in [-0.3, -0.25) is 4.72 Å². The Hall–Kier alpha value is -3.28. The Balaban J connectivity index is 1.50. The molecule has 0 saturated carbocycles. The number of nitrogens with one attached hydrogen (secondary N) is 1. The minimum absolute atomic E-state index is 0.0586. The quantitative estimate of drug-likeness (QED) is 0.327. The molecule has 0 aliphatic carbocycles. The molecule has 0 radical (unpaired) electrons. The number of anilines is 3. The minimum Gasteiger partial charge on any atom is -0.394 e. The predicted molar refractivity (Wildman–Crippen MR) is 140 cm³/mol. The summed E-state index contributed by atoms with van der Waals surface area (Å²) in [4.78, 5) is 14.9. The summed E-state index contributed by atoms with van der Waals surface area (Å²) in [6.07, 6.45) is 3.21. The summed E-state index contributed by atoms with van der Waals surface area (Å²) in [5.41, 5.74) is 8.76. The summed E-state index contributed by atoms with van der Waals surface area (Å²) < 4.78 is 29.8. The van der Waals surface area contributed by atoms with Crippen molar-refractivity contribution in [2.45, 2.75) is 23.8 Å². The van der Waals surface area contributed by atoms with Crippen LogP contribution in [-0.2, 0) is 10.0 Å². The lowest BCUT2D eigenvalue weighted by Gasteiger charge is -2.25. The minimum atomic E-state index is -3.92. The standard InChI is InChI=1S/C24H23BrN6O3S/c25-16-4-1-3-15(11-16)20-12-21(29-24-22(20)23(26)27-14-28-24)30-35(33,34)19-8-6-17(7-9-19)31-10-2-5-18(31)13-32/h1,3-4,6-9,11-12,14,18,32H,2,5,10,13H2,(H3,26,27,28,29,30). The third-order valence-corrected chi connectivity index (χ3v) is 7.94. The van der Waals surface area contributed by atoms with Crippen LogP contribution in [0.4, 0.5) is 17.3 Å². The molecule has 3 heterocycles. The molecule has 9 nitrogen and oxygen atoms in total. The van der Waals surface area contributed by atoms with E-state index < -0.39 is 10.0 Å². The molecule has 1 aliphatic heterocycles. The first kappa shape index (κ1) is 23.5. The van der Waals surface area contributed by atoms with Crippen LogP contribution in [0.1, 0.15) is 12.8 Å². The number of rotatable bonds is 6. The van der Waals surface area contributed by atoms with Gasteiger partial charge in [0.15, 0.2) is 5.65 Å². The van der Waals surface area contributed by atoms with Crippen molar-refractivity contribution in [2.24, 2.45) is 0 Å². The van der Waals surface area contributed by atoms with Crippen LogP contribution in [0.3, 0.4) is 0 Å². The normalized spacial score (nSPS) is 16.1. The molecular formula is C24H23BrN6O3S. The lowest BCUT2D eigenvalue weighted by molar-refractivity contribution is 0.266.